The van der Waals surface area contributed by atoms with Gasteiger partial charge >= 0.3 is 0 Å². The van der Waals surface area contributed by atoms with Gasteiger partial charge < -0.3 is 5.32 Å². The lowest BCUT2D eigenvalue weighted by molar-refractivity contribution is 0.0936. The third-order valence-electron chi connectivity index (χ3n) is 2.69. The summed E-state index contributed by atoms with van der Waals surface area (Å²) in [6.07, 6.45) is 2.97. The second-order valence-corrected chi connectivity index (χ2v) is 4.44. The number of aromatic nitrogens is 2. The summed E-state index contributed by atoms with van der Waals surface area (Å²) >= 11 is 5.86. The van der Waals surface area contributed by atoms with E-state index in [4.69, 9.17) is 11.6 Å². The van der Waals surface area contributed by atoms with Crippen molar-refractivity contribution in [3.05, 3.63) is 58.6 Å². The quantitative estimate of drug-likeness (QED) is 0.876. The number of amides is 1. The zero-order valence-corrected chi connectivity index (χ0v) is 11.5. The topological polar surface area (TPSA) is 72.0 Å². The monoisotopic (exact) mass is 289 g/mol. The van der Waals surface area contributed by atoms with Crippen LogP contribution < -0.4 is 5.32 Å². The summed E-state index contributed by atoms with van der Waals surface area (Å²) in [7, 11) is 0. The van der Waals surface area contributed by atoms with Crippen molar-refractivity contribution in [1.29, 1.82) is 0 Å². The van der Waals surface area contributed by atoms with E-state index in [0.29, 0.717) is 16.8 Å². The Kier molecular flexibility index (Phi) is 4.42. The molecule has 0 aliphatic rings. The van der Waals surface area contributed by atoms with Crippen LogP contribution in [0.5, 0.6) is 0 Å². The standard InChI is InChI=1S/C14H12ClN3O2/c1-9(19)10-4-2-3-5-11(10)14(20)18-8-12-13(15)17-7-6-16-12/h2-7H,8H2,1H3,(H,18,20). The fourth-order valence-electron chi connectivity index (χ4n) is 1.72. The van der Waals surface area contributed by atoms with Gasteiger partial charge in [0, 0.05) is 18.0 Å². The molecular formula is C14H12ClN3O2. The summed E-state index contributed by atoms with van der Waals surface area (Å²) in [4.78, 5) is 31.5. The second-order valence-electron chi connectivity index (χ2n) is 4.08. The van der Waals surface area contributed by atoms with Crippen LogP contribution in [-0.4, -0.2) is 21.7 Å². The molecule has 0 radical (unpaired) electrons. The van der Waals surface area contributed by atoms with E-state index in [1.54, 1.807) is 24.3 Å². The number of halogens is 1. The van der Waals surface area contributed by atoms with Crippen LogP contribution in [0.3, 0.4) is 0 Å². The first-order valence-corrected chi connectivity index (χ1v) is 6.31. The Bertz CT molecular complexity index is 658. The van der Waals surface area contributed by atoms with Gasteiger partial charge in [0.2, 0.25) is 0 Å². The summed E-state index contributed by atoms with van der Waals surface area (Å²) in [5.41, 5.74) is 1.19. The Morgan fingerprint density at radius 1 is 1.15 bits per heavy atom. The minimum atomic E-state index is -0.350. The maximum atomic E-state index is 12.1. The average molecular weight is 290 g/mol. The molecule has 20 heavy (non-hydrogen) atoms. The molecule has 1 heterocycles. The van der Waals surface area contributed by atoms with Gasteiger partial charge in [-0.1, -0.05) is 29.8 Å². The van der Waals surface area contributed by atoms with Gasteiger partial charge in [-0.05, 0) is 13.0 Å². The molecular weight excluding hydrogens is 278 g/mol. The Hall–Kier alpha value is -2.27. The molecule has 0 aliphatic heterocycles. The first-order valence-electron chi connectivity index (χ1n) is 5.93. The highest BCUT2D eigenvalue weighted by Gasteiger charge is 2.14. The number of rotatable bonds is 4. The molecule has 0 spiro atoms. The lowest BCUT2D eigenvalue weighted by atomic mass is 10.0. The summed E-state index contributed by atoms with van der Waals surface area (Å²) in [5.74, 6) is -0.509. The minimum Gasteiger partial charge on any atom is -0.346 e. The van der Waals surface area contributed by atoms with Crippen molar-refractivity contribution >= 4 is 23.3 Å². The molecule has 0 aliphatic carbocycles. The normalized spacial score (nSPS) is 10.1. The second kappa shape index (κ2) is 6.25. The van der Waals surface area contributed by atoms with Crippen molar-refractivity contribution in [2.24, 2.45) is 0 Å². The molecule has 6 heteroatoms. The van der Waals surface area contributed by atoms with Crippen LogP contribution in [-0.2, 0) is 6.54 Å². The van der Waals surface area contributed by atoms with E-state index in [9.17, 15) is 9.59 Å². The van der Waals surface area contributed by atoms with Crippen LogP contribution >= 0.6 is 11.6 Å². The van der Waals surface area contributed by atoms with Gasteiger partial charge in [0.05, 0.1) is 17.8 Å². The summed E-state index contributed by atoms with van der Waals surface area (Å²) in [6, 6.07) is 6.64. The highest BCUT2D eigenvalue weighted by Crippen LogP contribution is 2.11. The predicted molar refractivity (Wildman–Crippen MR) is 74.7 cm³/mol. The van der Waals surface area contributed by atoms with Crippen LogP contribution in [0.4, 0.5) is 0 Å². The van der Waals surface area contributed by atoms with Crippen LogP contribution in [0.1, 0.15) is 33.3 Å². The van der Waals surface area contributed by atoms with Crippen LogP contribution in [0.2, 0.25) is 5.15 Å². The molecule has 5 nitrogen and oxygen atoms in total. The smallest absolute Gasteiger partial charge is 0.252 e. The van der Waals surface area contributed by atoms with Gasteiger partial charge in [-0.15, -0.1) is 0 Å². The van der Waals surface area contributed by atoms with E-state index in [-0.39, 0.29) is 23.4 Å². The van der Waals surface area contributed by atoms with Gasteiger partial charge in [-0.25, -0.2) is 4.98 Å². The molecule has 1 aromatic carbocycles. The largest absolute Gasteiger partial charge is 0.346 e. The number of Topliss-reactive ketones (excluding diaryl/α,β-unsaturated/α-hetero) is 1. The first-order chi connectivity index (χ1) is 9.59. The van der Waals surface area contributed by atoms with Gasteiger partial charge in [0.15, 0.2) is 10.9 Å². The maximum Gasteiger partial charge on any atom is 0.252 e. The molecule has 1 amide bonds. The number of carbonyl (C=O) groups is 2. The fourth-order valence-corrected chi connectivity index (χ4v) is 1.89. The lowest BCUT2D eigenvalue weighted by Gasteiger charge is -2.08. The van der Waals surface area contributed by atoms with Gasteiger partial charge in [0.1, 0.15) is 0 Å². The number of nitrogens with one attached hydrogen (secondary N) is 1. The molecule has 1 aromatic heterocycles. The molecule has 0 fully saturated rings. The van der Waals surface area contributed by atoms with E-state index in [1.807, 2.05) is 0 Å². The van der Waals surface area contributed by atoms with Gasteiger partial charge in [-0.2, -0.15) is 0 Å². The Labute approximate surface area is 121 Å². The van der Waals surface area contributed by atoms with Crippen molar-refractivity contribution in [1.82, 2.24) is 15.3 Å². The SMILES string of the molecule is CC(=O)c1ccccc1C(=O)NCc1nccnc1Cl. The number of carbonyl (C=O) groups excluding carboxylic acids is 2. The first kappa shape index (κ1) is 14.1. The van der Waals surface area contributed by atoms with E-state index >= 15 is 0 Å². The van der Waals surface area contributed by atoms with Gasteiger partial charge in [-0.3, -0.25) is 14.6 Å². The molecule has 0 saturated carbocycles. The molecule has 0 bridgehead atoms. The van der Waals surface area contributed by atoms with Crippen molar-refractivity contribution in [2.45, 2.75) is 13.5 Å². The third kappa shape index (κ3) is 3.19. The summed E-state index contributed by atoms with van der Waals surface area (Å²) in [6.45, 7) is 1.57. The van der Waals surface area contributed by atoms with Crippen molar-refractivity contribution < 1.29 is 9.59 Å². The van der Waals surface area contributed by atoms with E-state index in [2.05, 4.69) is 15.3 Å². The van der Waals surface area contributed by atoms with Crippen LogP contribution in [0, 0.1) is 0 Å². The number of hydrogen-bond acceptors (Lipinski definition) is 4. The third-order valence-corrected chi connectivity index (χ3v) is 3.01. The molecule has 0 atom stereocenters. The van der Waals surface area contributed by atoms with Gasteiger partial charge in [0.25, 0.3) is 5.91 Å². The highest BCUT2D eigenvalue weighted by atomic mass is 35.5. The van der Waals surface area contributed by atoms with E-state index in [1.165, 1.54) is 19.3 Å². The predicted octanol–water partition coefficient (Wildman–Crippen LogP) is 2.26. The number of hydrogen-bond donors (Lipinski definition) is 1. The molecule has 2 aromatic rings. The van der Waals surface area contributed by atoms with Crippen LogP contribution in [0.15, 0.2) is 36.7 Å². The highest BCUT2D eigenvalue weighted by molar-refractivity contribution is 6.30. The maximum absolute atomic E-state index is 12.1. The van der Waals surface area contributed by atoms with Crippen molar-refractivity contribution in [3.63, 3.8) is 0 Å². The number of ketones is 1. The summed E-state index contributed by atoms with van der Waals surface area (Å²) < 4.78 is 0. The Morgan fingerprint density at radius 2 is 1.80 bits per heavy atom. The molecule has 0 unspecified atom stereocenters. The summed E-state index contributed by atoms with van der Waals surface area (Å²) in [5, 5.41) is 2.92. The minimum absolute atomic E-state index is 0.151. The van der Waals surface area contributed by atoms with Crippen molar-refractivity contribution in [2.75, 3.05) is 0 Å². The number of nitrogens with zero attached hydrogens (tertiary/aromatic N) is 2. The van der Waals surface area contributed by atoms with E-state index < -0.39 is 0 Å². The Morgan fingerprint density at radius 3 is 2.45 bits per heavy atom. The lowest BCUT2D eigenvalue weighted by Crippen LogP contribution is -2.25. The number of benzene rings is 1. The van der Waals surface area contributed by atoms with Crippen molar-refractivity contribution in [3.8, 4) is 0 Å². The zero-order valence-electron chi connectivity index (χ0n) is 10.8. The molecule has 102 valence electrons. The molecule has 0 saturated heterocycles. The fraction of sp³-hybridized carbons (Fsp3) is 0.143. The van der Waals surface area contributed by atoms with Crippen LogP contribution in [0.25, 0.3) is 0 Å². The average Bonchev–Trinajstić information content (AvgIpc) is 2.46. The Balaban J connectivity index is 2.14. The van der Waals surface area contributed by atoms with E-state index in [0.717, 1.165) is 0 Å². The molecule has 1 N–H and O–H groups in total. The molecule has 2 rings (SSSR count). The zero-order chi connectivity index (χ0) is 14.5.